The van der Waals surface area contributed by atoms with Crippen molar-refractivity contribution in [2.75, 3.05) is 14.2 Å². The summed E-state index contributed by atoms with van der Waals surface area (Å²) < 4.78 is 15.9. The zero-order valence-corrected chi connectivity index (χ0v) is 20.5. The van der Waals surface area contributed by atoms with E-state index in [0.29, 0.717) is 29.9 Å². The maximum atomic E-state index is 12.6. The van der Waals surface area contributed by atoms with Crippen LogP contribution < -0.4 is 14.8 Å². The Bertz CT molecular complexity index is 955. The largest absolute Gasteiger partial charge is 0.493 e. The summed E-state index contributed by atoms with van der Waals surface area (Å²) in [5, 5.41) is 23.6. The Labute approximate surface area is 200 Å². The van der Waals surface area contributed by atoms with Gasteiger partial charge in [-0.25, -0.2) is 9.59 Å². The fourth-order valence-corrected chi connectivity index (χ4v) is 3.70. The number of nitrogens with one attached hydrogen (secondary N) is 1. The Morgan fingerprint density at radius 2 is 1.62 bits per heavy atom. The van der Waals surface area contributed by atoms with Crippen LogP contribution >= 0.6 is 0 Å². The minimum atomic E-state index is -1.81. The highest BCUT2D eigenvalue weighted by Crippen LogP contribution is 2.31. The molecule has 186 valence electrons. The fourth-order valence-electron chi connectivity index (χ4n) is 3.70. The van der Waals surface area contributed by atoms with Gasteiger partial charge >= 0.3 is 12.1 Å². The second kappa shape index (κ2) is 11.7. The number of ether oxygens (including phenoxy) is 3. The van der Waals surface area contributed by atoms with Crippen molar-refractivity contribution in [3.05, 3.63) is 59.7 Å². The van der Waals surface area contributed by atoms with Crippen LogP contribution in [0, 0.1) is 0 Å². The van der Waals surface area contributed by atoms with Gasteiger partial charge in [-0.3, -0.25) is 0 Å². The molecule has 0 aliphatic heterocycles. The van der Waals surface area contributed by atoms with Crippen LogP contribution in [0.15, 0.2) is 48.5 Å². The molecule has 0 fully saturated rings. The van der Waals surface area contributed by atoms with E-state index in [-0.39, 0.29) is 12.8 Å². The molecule has 2 atom stereocenters. The van der Waals surface area contributed by atoms with Crippen LogP contribution in [0.4, 0.5) is 4.79 Å². The molecule has 34 heavy (non-hydrogen) atoms. The molecule has 1 amide bonds. The summed E-state index contributed by atoms with van der Waals surface area (Å²) in [5.74, 6) is -0.344. The van der Waals surface area contributed by atoms with Crippen LogP contribution in [0.2, 0.25) is 0 Å². The van der Waals surface area contributed by atoms with Gasteiger partial charge in [0.1, 0.15) is 11.1 Å². The quantitative estimate of drug-likeness (QED) is 0.452. The van der Waals surface area contributed by atoms with Crippen LogP contribution in [0.25, 0.3) is 0 Å². The SMILES string of the molecule is COc1ccc(C[C@](C[C@@H](O)CCc2ccccc2)(NC(=O)OC(C)(C)C)C(=O)O)cc1OC. The molecule has 8 heteroatoms. The number of methoxy groups -OCH3 is 2. The van der Waals surface area contributed by atoms with Crippen LogP contribution in [0.5, 0.6) is 11.5 Å². The molecule has 0 heterocycles. The number of aliphatic hydroxyl groups is 1. The first kappa shape index (κ1) is 27.0. The average Bonchev–Trinajstić information content (AvgIpc) is 2.76. The van der Waals surface area contributed by atoms with Gasteiger partial charge in [-0.1, -0.05) is 36.4 Å². The van der Waals surface area contributed by atoms with Crippen LogP contribution in [0.1, 0.15) is 44.7 Å². The molecule has 0 saturated heterocycles. The highest BCUT2D eigenvalue weighted by atomic mass is 16.6. The van der Waals surface area contributed by atoms with Crippen molar-refractivity contribution < 1.29 is 34.0 Å². The van der Waals surface area contributed by atoms with E-state index in [9.17, 15) is 19.8 Å². The normalized spacial score (nSPS) is 13.9. The van der Waals surface area contributed by atoms with Crippen molar-refractivity contribution in [2.45, 2.75) is 63.7 Å². The Balaban J connectivity index is 2.32. The Morgan fingerprint density at radius 3 is 2.18 bits per heavy atom. The molecule has 0 aliphatic carbocycles. The molecule has 0 aromatic heterocycles. The molecule has 0 bridgehead atoms. The molecule has 2 rings (SSSR count). The van der Waals surface area contributed by atoms with Gasteiger partial charge in [0.05, 0.1) is 20.3 Å². The molecule has 2 aromatic rings. The summed E-state index contributed by atoms with van der Waals surface area (Å²) in [5.41, 5.74) is -1.00. The number of hydrogen-bond acceptors (Lipinski definition) is 6. The van der Waals surface area contributed by atoms with E-state index in [1.807, 2.05) is 30.3 Å². The number of carboxylic acid groups (broad SMARTS) is 1. The minimum absolute atomic E-state index is 0.0929. The summed E-state index contributed by atoms with van der Waals surface area (Å²) in [6, 6.07) is 14.6. The molecule has 0 spiro atoms. The van der Waals surface area contributed by atoms with Gasteiger partial charge in [0.25, 0.3) is 0 Å². The number of aryl methyl sites for hydroxylation is 1. The lowest BCUT2D eigenvalue weighted by Crippen LogP contribution is -2.58. The van der Waals surface area contributed by atoms with Gasteiger partial charge in [0.2, 0.25) is 0 Å². The molecule has 2 aromatic carbocycles. The third-order valence-electron chi connectivity index (χ3n) is 5.30. The highest BCUT2D eigenvalue weighted by Gasteiger charge is 2.43. The van der Waals surface area contributed by atoms with Crippen molar-refractivity contribution in [1.82, 2.24) is 5.32 Å². The van der Waals surface area contributed by atoms with Crippen LogP contribution in [-0.2, 0) is 22.4 Å². The molecule has 0 aliphatic rings. The average molecular weight is 474 g/mol. The number of alkyl carbamates (subject to hydrolysis) is 1. The van der Waals surface area contributed by atoms with E-state index in [0.717, 1.165) is 5.56 Å². The lowest BCUT2D eigenvalue weighted by Gasteiger charge is -2.33. The molecular weight excluding hydrogens is 438 g/mol. The molecule has 0 saturated carbocycles. The van der Waals surface area contributed by atoms with Gasteiger partial charge in [-0.2, -0.15) is 0 Å². The number of carboxylic acids is 1. The zero-order chi connectivity index (χ0) is 25.4. The van der Waals surface area contributed by atoms with Crippen molar-refractivity contribution >= 4 is 12.1 Å². The number of hydrogen-bond donors (Lipinski definition) is 3. The third-order valence-corrected chi connectivity index (χ3v) is 5.30. The summed E-state index contributed by atoms with van der Waals surface area (Å²) >= 11 is 0. The van der Waals surface area contributed by atoms with E-state index >= 15 is 0 Å². The van der Waals surface area contributed by atoms with E-state index in [1.54, 1.807) is 39.0 Å². The predicted molar refractivity (Wildman–Crippen MR) is 128 cm³/mol. The van der Waals surface area contributed by atoms with E-state index in [4.69, 9.17) is 14.2 Å². The summed E-state index contributed by atoms with van der Waals surface area (Å²) in [6.45, 7) is 5.08. The fraction of sp³-hybridized carbons (Fsp3) is 0.462. The summed E-state index contributed by atoms with van der Waals surface area (Å²) in [4.78, 5) is 25.2. The number of aliphatic carboxylic acids is 1. The van der Waals surface area contributed by atoms with E-state index in [2.05, 4.69) is 5.32 Å². The van der Waals surface area contributed by atoms with Crippen molar-refractivity contribution in [3.8, 4) is 11.5 Å². The van der Waals surface area contributed by atoms with Gasteiger partial charge in [0, 0.05) is 12.8 Å². The first-order valence-corrected chi connectivity index (χ1v) is 11.2. The van der Waals surface area contributed by atoms with E-state index < -0.39 is 29.3 Å². The molecule has 3 N–H and O–H groups in total. The molecular formula is C26H35NO7. The first-order valence-electron chi connectivity index (χ1n) is 11.2. The summed E-state index contributed by atoms with van der Waals surface area (Å²) in [7, 11) is 2.99. The lowest BCUT2D eigenvalue weighted by atomic mass is 9.84. The van der Waals surface area contributed by atoms with Crippen LogP contribution in [0.3, 0.4) is 0 Å². The van der Waals surface area contributed by atoms with Gasteiger partial charge in [-0.05, 0) is 56.9 Å². The topological polar surface area (TPSA) is 114 Å². The van der Waals surface area contributed by atoms with Gasteiger partial charge in [-0.15, -0.1) is 0 Å². The molecule has 0 unspecified atom stereocenters. The number of rotatable bonds is 11. The van der Waals surface area contributed by atoms with Crippen molar-refractivity contribution in [3.63, 3.8) is 0 Å². The van der Waals surface area contributed by atoms with Crippen LogP contribution in [-0.4, -0.2) is 53.7 Å². The summed E-state index contributed by atoms with van der Waals surface area (Å²) in [6.07, 6.45) is -1.24. The standard InChI is InChI=1S/C26H35NO7/c1-25(2,3)34-24(31)27-26(23(29)30,16-19-12-14-21(32-4)22(15-19)33-5)17-20(28)13-11-18-9-7-6-8-10-18/h6-10,12,14-15,20,28H,11,13,16-17H2,1-5H3,(H,27,31)(H,29,30)/t20-,26+/m0/s1. The van der Waals surface area contributed by atoms with E-state index in [1.165, 1.54) is 14.2 Å². The minimum Gasteiger partial charge on any atom is -0.493 e. The second-order valence-electron chi connectivity index (χ2n) is 9.26. The van der Waals surface area contributed by atoms with Gasteiger partial charge < -0.3 is 29.7 Å². The smallest absolute Gasteiger partial charge is 0.408 e. The molecule has 0 radical (unpaired) electrons. The monoisotopic (exact) mass is 473 g/mol. The maximum Gasteiger partial charge on any atom is 0.408 e. The number of amides is 1. The van der Waals surface area contributed by atoms with Crippen molar-refractivity contribution in [2.24, 2.45) is 0 Å². The first-order chi connectivity index (χ1) is 16.0. The number of carbonyl (C=O) groups is 2. The Morgan fingerprint density at radius 1 is 0.971 bits per heavy atom. The predicted octanol–water partition coefficient (Wildman–Crippen LogP) is 3.98. The maximum absolute atomic E-state index is 12.6. The molecule has 8 nitrogen and oxygen atoms in total. The third kappa shape index (κ3) is 7.95. The number of carbonyl (C=O) groups excluding carboxylic acids is 1. The second-order valence-corrected chi connectivity index (χ2v) is 9.26. The van der Waals surface area contributed by atoms with Gasteiger partial charge in [0.15, 0.2) is 11.5 Å². The zero-order valence-electron chi connectivity index (χ0n) is 20.5. The number of benzene rings is 2. The Hall–Kier alpha value is -3.26. The lowest BCUT2D eigenvalue weighted by molar-refractivity contribution is -0.146. The number of aliphatic hydroxyl groups excluding tert-OH is 1. The van der Waals surface area contributed by atoms with Crippen molar-refractivity contribution in [1.29, 1.82) is 0 Å². The Kier molecular flexibility index (Phi) is 9.32. The highest BCUT2D eigenvalue weighted by molar-refractivity contribution is 5.85.